The van der Waals surface area contributed by atoms with Crippen molar-refractivity contribution in [2.24, 2.45) is 0 Å². The molecule has 1 nitrogen and oxygen atoms in total. The Morgan fingerprint density at radius 2 is 0.764 bits per heavy atom. The Kier molecular flexibility index (Phi) is 6.40. The third kappa shape index (κ3) is 4.41. The Morgan fingerprint density at radius 1 is 0.255 bits per heavy atom. The van der Waals surface area contributed by atoms with Crippen LogP contribution < -0.4 is 0 Å². The van der Waals surface area contributed by atoms with Crippen LogP contribution in [0.25, 0.3) is 120 Å². The predicted molar refractivity (Wildman–Crippen MR) is 235 cm³/mol. The van der Waals surface area contributed by atoms with E-state index in [-0.39, 0.29) is 0 Å². The fourth-order valence-electron chi connectivity index (χ4n) is 9.39. The Balaban J connectivity index is 1.10. The highest BCUT2D eigenvalue weighted by atomic mass is 16.3. The van der Waals surface area contributed by atoms with Crippen molar-refractivity contribution in [2.75, 3.05) is 0 Å². The minimum absolute atomic E-state index is 0.944. The van der Waals surface area contributed by atoms with Gasteiger partial charge in [-0.1, -0.05) is 176 Å². The number of benzene rings is 11. The van der Waals surface area contributed by atoms with Crippen LogP contribution in [0.15, 0.2) is 199 Å². The van der Waals surface area contributed by atoms with E-state index in [1.165, 1.54) is 87.1 Å². The summed E-state index contributed by atoms with van der Waals surface area (Å²) in [6.45, 7) is 0. The monoisotopic (exact) mass is 696 g/mol. The molecule has 0 aliphatic rings. The lowest BCUT2D eigenvalue weighted by Crippen LogP contribution is -1.92. The molecule has 0 fully saturated rings. The van der Waals surface area contributed by atoms with E-state index in [9.17, 15) is 0 Å². The molecule has 0 radical (unpaired) electrons. The van der Waals surface area contributed by atoms with Gasteiger partial charge >= 0.3 is 0 Å². The third-order valence-electron chi connectivity index (χ3n) is 11.8. The molecule has 254 valence electrons. The molecule has 12 aromatic rings. The second kappa shape index (κ2) is 11.6. The van der Waals surface area contributed by atoms with Crippen molar-refractivity contribution in [1.82, 2.24) is 0 Å². The summed E-state index contributed by atoms with van der Waals surface area (Å²) >= 11 is 0. The van der Waals surface area contributed by atoms with Gasteiger partial charge in [0.05, 0.1) is 0 Å². The zero-order valence-corrected chi connectivity index (χ0v) is 29.9. The standard InChI is InChI=1S/C54H32O/c1-3-18-38-33(13-1)15-12-26-42(38)51-46-24-9-7-22-44(46)50(45-23-8-10-25-47(45)51)37-17-11-16-35(31-37)36-28-29-41-40-20-5-6-21-43(40)52-48-30-27-34-14-2-4-19-39(34)53(48)55-54(52)49(41)32-36/h1-32H. The SMILES string of the molecule is c1cc(-c2ccc3c4ccccc4c4c5ccc6ccccc6c5oc4c3c2)cc(-c2c3ccccc3c(-c3cccc4ccccc34)c3ccccc23)c1. The van der Waals surface area contributed by atoms with Crippen molar-refractivity contribution in [3.05, 3.63) is 194 Å². The van der Waals surface area contributed by atoms with Crippen molar-refractivity contribution in [3.63, 3.8) is 0 Å². The molecule has 0 unspecified atom stereocenters. The van der Waals surface area contributed by atoms with Gasteiger partial charge in [0.1, 0.15) is 11.2 Å². The van der Waals surface area contributed by atoms with Gasteiger partial charge in [0.2, 0.25) is 0 Å². The summed E-state index contributed by atoms with van der Waals surface area (Å²) in [4.78, 5) is 0. The maximum Gasteiger partial charge on any atom is 0.143 e. The predicted octanol–water partition coefficient (Wildman–Crippen LogP) is 15.5. The van der Waals surface area contributed by atoms with Gasteiger partial charge in [-0.25, -0.2) is 0 Å². The third-order valence-corrected chi connectivity index (χ3v) is 11.8. The van der Waals surface area contributed by atoms with Gasteiger partial charge in [0, 0.05) is 21.5 Å². The molecule has 0 saturated heterocycles. The van der Waals surface area contributed by atoms with E-state index in [0.717, 1.165) is 32.9 Å². The first-order valence-electron chi connectivity index (χ1n) is 19.0. The van der Waals surface area contributed by atoms with E-state index < -0.39 is 0 Å². The first kappa shape index (κ1) is 30.3. The van der Waals surface area contributed by atoms with E-state index in [1.54, 1.807) is 0 Å². The molecule has 0 spiro atoms. The van der Waals surface area contributed by atoms with Crippen LogP contribution in [0.4, 0.5) is 0 Å². The lowest BCUT2D eigenvalue weighted by molar-refractivity contribution is 0.676. The highest BCUT2D eigenvalue weighted by Crippen LogP contribution is 2.47. The van der Waals surface area contributed by atoms with Crippen molar-refractivity contribution < 1.29 is 4.42 Å². The van der Waals surface area contributed by atoms with E-state index in [4.69, 9.17) is 4.42 Å². The summed E-state index contributed by atoms with van der Waals surface area (Å²) in [5.74, 6) is 0. The van der Waals surface area contributed by atoms with Crippen LogP contribution in [0.5, 0.6) is 0 Å². The van der Waals surface area contributed by atoms with Crippen molar-refractivity contribution in [1.29, 1.82) is 0 Å². The Bertz CT molecular complexity index is 3490. The van der Waals surface area contributed by atoms with Crippen LogP contribution >= 0.6 is 0 Å². The topological polar surface area (TPSA) is 13.1 Å². The van der Waals surface area contributed by atoms with Gasteiger partial charge in [0.25, 0.3) is 0 Å². The maximum absolute atomic E-state index is 6.94. The molecule has 1 heteroatoms. The quantitative estimate of drug-likeness (QED) is 0.132. The van der Waals surface area contributed by atoms with Crippen LogP contribution in [0.2, 0.25) is 0 Å². The van der Waals surface area contributed by atoms with Crippen LogP contribution in [-0.4, -0.2) is 0 Å². The van der Waals surface area contributed by atoms with E-state index in [1.807, 2.05) is 0 Å². The summed E-state index contributed by atoms with van der Waals surface area (Å²) in [5, 5.41) is 17.0. The van der Waals surface area contributed by atoms with Gasteiger partial charge < -0.3 is 4.42 Å². The molecule has 55 heavy (non-hydrogen) atoms. The fourth-order valence-corrected chi connectivity index (χ4v) is 9.39. The highest BCUT2D eigenvalue weighted by Gasteiger charge is 2.20. The average Bonchev–Trinajstić information content (AvgIpc) is 3.66. The number of rotatable bonds is 3. The minimum atomic E-state index is 0.944. The van der Waals surface area contributed by atoms with E-state index in [0.29, 0.717) is 0 Å². The van der Waals surface area contributed by atoms with Gasteiger partial charge in [-0.05, 0) is 105 Å². The molecule has 0 N–H and O–H groups in total. The van der Waals surface area contributed by atoms with Crippen LogP contribution in [0.1, 0.15) is 0 Å². The van der Waals surface area contributed by atoms with Crippen molar-refractivity contribution in [2.45, 2.75) is 0 Å². The molecule has 0 aliphatic heterocycles. The number of fused-ring (bicyclic) bond motifs is 13. The molecular formula is C54H32O. The first-order chi connectivity index (χ1) is 27.3. The molecule has 11 aromatic carbocycles. The highest BCUT2D eigenvalue weighted by molar-refractivity contribution is 6.32. The molecule has 1 heterocycles. The summed E-state index contributed by atoms with van der Waals surface area (Å²) < 4.78 is 6.94. The Morgan fingerprint density at radius 3 is 1.51 bits per heavy atom. The van der Waals surface area contributed by atoms with Gasteiger partial charge in [-0.2, -0.15) is 0 Å². The molecule has 0 atom stereocenters. The molecule has 0 bridgehead atoms. The molecule has 0 aliphatic carbocycles. The van der Waals surface area contributed by atoms with Gasteiger partial charge in [-0.15, -0.1) is 0 Å². The van der Waals surface area contributed by atoms with Gasteiger partial charge in [0.15, 0.2) is 0 Å². The van der Waals surface area contributed by atoms with Gasteiger partial charge in [-0.3, -0.25) is 0 Å². The zero-order chi connectivity index (χ0) is 36.0. The second-order valence-electron chi connectivity index (χ2n) is 14.7. The van der Waals surface area contributed by atoms with E-state index >= 15 is 0 Å². The second-order valence-corrected chi connectivity index (χ2v) is 14.7. The first-order valence-corrected chi connectivity index (χ1v) is 19.0. The summed E-state index contributed by atoms with van der Waals surface area (Å²) in [6, 6.07) is 71.0. The summed E-state index contributed by atoms with van der Waals surface area (Å²) in [7, 11) is 0. The largest absolute Gasteiger partial charge is 0.455 e. The van der Waals surface area contributed by atoms with E-state index in [2.05, 4.69) is 194 Å². The maximum atomic E-state index is 6.94. The van der Waals surface area contributed by atoms with Crippen LogP contribution in [-0.2, 0) is 0 Å². The number of furan rings is 1. The van der Waals surface area contributed by atoms with Crippen molar-refractivity contribution in [3.8, 4) is 33.4 Å². The van der Waals surface area contributed by atoms with Crippen LogP contribution in [0, 0.1) is 0 Å². The number of hydrogen-bond donors (Lipinski definition) is 0. The fraction of sp³-hybridized carbons (Fsp3) is 0. The molecule has 1 aromatic heterocycles. The Hall–Kier alpha value is -7.22. The summed E-state index contributed by atoms with van der Waals surface area (Å²) in [5.41, 5.74) is 9.24. The lowest BCUT2D eigenvalue weighted by Gasteiger charge is -2.19. The average molecular weight is 697 g/mol. The zero-order valence-electron chi connectivity index (χ0n) is 29.9. The lowest BCUT2D eigenvalue weighted by atomic mass is 9.84. The number of hydrogen-bond acceptors (Lipinski definition) is 1. The summed E-state index contributed by atoms with van der Waals surface area (Å²) in [6.07, 6.45) is 0. The molecule has 0 saturated carbocycles. The minimum Gasteiger partial charge on any atom is -0.455 e. The smallest absolute Gasteiger partial charge is 0.143 e. The van der Waals surface area contributed by atoms with Crippen molar-refractivity contribution >= 4 is 86.6 Å². The molecule has 0 amide bonds. The van der Waals surface area contributed by atoms with Crippen LogP contribution in [0.3, 0.4) is 0 Å². The molecule has 12 rings (SSSR count). The Labute approximate surface area is 317 Å². The normalized spacial score (nSPS) is 12.0. The molecular weight excluding hydrogens is 665 g/mol.